The van der Waals surface area contributed by atoms with Gasteiger partial charge in [0.05, 0.1) is 0 Å². The summed E-state index contributed by atoms with van der Waals surface area (Å²) in [6.45, 7) is 2.06. The van der Waals surface area contributed by atoms with Crippen LogP contribution in [0.5, 0.6) is 5.75 Å². The molecule has 4 atom stereocenters. The van der Waals surface area contributed by atoms with Gasteiger partial charge >= 0.3 is 6.36 Å². The molecule has 31 heavy (non-hydrogen) atoms. The van der Waals surface area contributed by atoms with E-state index in [0.717, 1.165) is 42.9 Å². The minimum absolute atomic E-state index is 0.0383. The molecule has 0 aliphatic heterocycles. The van der Waals surface area contributed by atoms with Crippen LogP contribution >= 0.6 is 0 Å². The number of fused-ring (bicyclic) bond motifs is 3. The summed E-state index contributed by atoms with van der Waals surface area (Å²) in [6.07, 6.45) is 3.49. The first-order chi connectivity index (χ1) is 14.8. The Hall–Kier alpha value is -2.37. The molecule has 0 heterocycles. The monoisotopic (exact) mass is 436 g/mol. The molecule has 0 unspecified atom stereocenters. The van der Waals surface area contributed by atoms with Crippen molar-refractivity contribution in [3.63, 3.8) is 0 Å². The van der Waals surface area contributed by atoms with Crippen LogP contribution in [0.15, 0.2) is 48.6 Å². The van der Waals surface area contributed by atoms with Crippen molar-refractivity contribution in [2.75, 3.05) is 0 Å². The van der Waals surface area contributed by atoms with Gasteiger partial charge in [0.2, 0.25) is 0 Å². The average Bonchev–Trinajstić information content (AvgIpc) is 2.71. The highest BCUT2D eigenvalue weighted by Crippen LogP contribution is 2.54. The third-order valence-corrected chi connectivity index (χ3v) is 6.69. The van der Waals surface area contributed by atoms with Gasteiger partial charge in [0.25, 0.3) is 0 Å². The van der Waals surface area contributed by atoms with Gasteiger partial charge in [0.1, 0.15) is 17.4 Å². The molecule has 0 spiro atoms. The van der Waals surface area contributed by atoms with E-state index in [-0.39, 0.29) is 29.4 Å². The zero-order valence-electron chi connectivity index (χ0n) is 17.3. The van der Waals surface area contributed by atoms with Crippen LogP contribution in [0.4, 0.5) is 22.0 Å². The fourth-order valence-corrected chi connectivity index (χ4v) is 5.54. The smallest absolute Gasteiger partial charge is 0.406 e. The number of ether oxygens (including phenoxy) is 1. The van der Waals surface area contributed by atoms with E-state index < -0.39 is 18.0 Å². The Morgan fingerprint density at radius 1 is 1.03 bits per heavy atom. The second-order valence-corrected chi connectivity index (χ2v) is 8.48. The predicted octanol–water partition coefficient (Wildman–Crippen LogP) is 7.67. The first-order valence-electron chi connectivity index (χ1n) is 10.8. The van der Waals surface area contributed by atoms with Crippen LogP contribution < -0.4 is 4.74 Å². The molecule has 1 fully saturated rings. The molecular weight excluding hydrogens is 411 g/mol. The maximum absolute atomic E-state index is 14.4. The van der Waals surface area contributed by atoms with Crippen LogP contribution in [-0.4, -0.2) is 6.36 Å². The molecule has 0 saturated heterocycles. The van der Waals surface area contributed by atoms with Gasteiger partial charge in [-0.25, -0.2) is 8.78 Å². The molecule has 0 radical (unpaired) electrons. The summed E-state index contributed by atoms with van der Waals surface area (Å²) in [6, 6.07) is 8.51. The van der Waals surface area contributed by atoms with E-state index >= 15 is 0 Å². The third kappa shape index (κ3) is 4.63. The molecule has 166 valence electrons. The number of halogens is 5. The molecule has 1 nitrogen and oxygen atoms in total. The first kappa shape index (κ1) is 21.8. The summed E-state index contributed by atoms with van der Waals surface area (Å²) in [5.74, 6) is -0.777. The Balaban J connectivity index is 1.69. The fraction of sp³-hybridized carbons (Fsp3) is 0.440. The second-order valence-electron chi connectivity index (χ2n) is 8.48. The summed E-state index contributed by atoms with van der Waals surface area (Å²) < 4.78 is 70.0. The first-order valence-corrected chi connectivity index (χ1v) is 10.8. The maximum atomic E-state index is 14.4. The van der Waals surface area contributed by atoms with E-state index in [4.69, 9.17) is 0 Å². The van der Waals surface area contributed by atoms with Crippen molar-refractivity contribution in [2.24, 2.45) is 11.8 Å². The number of alkyl halides is 3. The zero-order chi connectivity index (χ0) is 22.2. The van der Waals surface area contributed by atoms with Gasteiger partial charge in [-0.3, -0.25) is 0 Å². The summed E-state index contributed by atoms with van der Waals surface area (Å²) in [5.41, 5.74) is 2.31. The molecule has 6 heteroatoms. The largest absolute Gasteiger partial charge is 0.573 e. The number of hydrogen-bond acceptors (Lipinski definition) is 1. The van der Waals surface area contributed by atoms with Crippen molar-refractivity contribution in [2.45, 2.75) is 57.2 Å². The van der Waals surface area contributed by atoms with Gasteiger partial charge < -0.3 is 4.74 Å². The van der Waals surface area contributed by atoms with Crippen LogP contribution in [0, 0.1) is 23.5 Å². The van der Waals surface area contributed by atoms with Crippen molar-refractivity contribution < 1.29 is 26.7 Å². The van der Waals surface area contributed by atoms with E-state index in [2.05, 4.69) is 23.8 Å². The fourth-order valence-electron chi connectivity index (χ4n) is 5.54. The van der Waals surface area contributed by atoms with E-state index in [9.17, 15) is 22.0 Å². The molecule has 0 bridgehead atoms. The van der Waals surface area contributed by atoms with Gasteiger partial charge in [0, 0.05) is 6.07 Å². The number of allylic oxidation sites excluding steroid dienone is 2. The lowest BCUT2D eigenvalue weighted by Crippen LogP contribution is -2.35. The topological polar surface area (TPSA) is 9.23 Å². The molecule has 2 aliphatic carbocycles. The molecule has 1 saturated carbocycles. The van der Waals surface area contributed by atoms with Crippen LogP contribution in [-0.2, 0) is 6.42 Å². The molecule has 0 aromatic heterocycles. The van der Waals surface area contributed by atoms with Crippen molar-refractivity contribution >= 4 is 0 Å². The standard InChI is InChI=1S/C25H25F5O/c1-2-3-4-15-7-10-19-21(12-11-20-22(19)13-17(26)14-23(20)27)24(15)16-5-8-18(9-6-16)31-25(28,29)30/h3-6,8-9,13-15,19,21,24H,2,7,10-12H2,1H3/b4-3+/t15-,19-,21+,24-/m1/s1. The number of benzene rings is 2. The molecule has 2 aromatic carbocycles. The van der Waals surface area contributed by atoms with Gasteiger partial charge in [0.15, 0.2) is 0 Å². The number of rotatable bonds is 4. The quantitative estimate of drug-likeness (QED) is 0.353. The lowest BCUT2D eigenvalue weighted by atomic mass is 9.58. The lowest BCUT2D eigenvalue weighted by molar-refractivity contribution is -0.274. The molecular formula is C25H25F5O. The van der Waals surface area contributed by atoms with Crippen molar-refractivity contribution in [1.29, 1.82) is 0 Å². The molecule has 2 aromatic rings. The predicted molar refractivity (Wildman–Crippen MR) is 109 cm³/mol. The average molecular weight is 436 g/mol. The Morgan fingerprint density at radius 2 is 1.77 bits per heavy atom. The highest BCUT2D eigenvalue weighted by atomic mass is 19.4. The van der Waals surface area contributed by atoms with E-state index in [1.54, 1.807) is 12.1 Å². The Labute approximate surface area is 178 Å². The van der Waals surface area contributed by atoms with Crippen LogP contribution in [0.3, 0.4) is 0 Å². The number of hydrogen-bond donors (Lipinski definition) is 0. The molecule has 2 aliphatic rings. The van der Waals surface area contributed by atoms with Gasteiger partial charge in [-0.2, -0.15) is 0 Å². The Kier molecular flexibility index (Phi) is 6.09. The second kappa shape index (κ2) is 8.64. The SMILES string of the molecule is CC/C=C/[C@@H]1CC[C@H]2c3cc(F)cc(F)c3CC[C@@H]2[C@H]1c1ccc(OC(F)(F)F)cc1. The summed E-state index contributed by atoms with van der Waals surface area (Å²) >= 11 is 0. The highest BCUT2D eigenvalue weighted by Gasteiger charge is 2.43. The Bertz CT molecular complexity index is 948. The summed E-state index contributed by atoms with van der Waals surface area (Å²) in [5, 5.41) is 0. The van der Waals surface area contributed by atoms with Gasteiger partial charge in [-0.05, 0) is 90.7 Å². The van der Waals surface area contributed by atoms with Gasteiger partial charge in [-0.15, -0.1) is 13.2 Å². The van der Waals surface area contributed by atoms with Crippen LogP contribution in [0.2, 0.25) is 0 Å². The van der Waals surface area contributed by atoms with Gasteiger partial charge in [-0.1, -0.05) is 31.2 Å². The highest BCUT2D eigenvalue weighted by molar-refractivity contribution is 5.39. The zero-order valence-corrected chi connectivity index (χ0v) is 17.3. The van der Waals surface area contributed by atoms with Crippen molar-refractivity contribution in [3.05, 3.63) is 76.9 Å². The van der Waals surface area contributed by atoms with E-state index in [1.165, 1.54) is 18.2 Å². The minimum atomic E-state index is -4.73. The summed E-state index contributed by atoms with van der Waals surface area (Å²) in [4.78, 5) is 0. The minimum Gasteiger partial charge on any atom is -0.406 e. The normalized spacial score (nSPS) is 25.9. The molecule has 4 rings (SSSR count). The summed E-state index contributed by atoms with van der Waals surface area (Å²) in [7, 11) is 0. The van der Waals surface area contributed by atoms with E-state index in [0.29, 0.717) is 12.0 Å². The molecule has 0 N–H and O–H groups in total. The lowest BCUT2D eigenvalue weighted by Gasteiger charge is -2.46. The van der Waals surface area contributed by atoms with E-state index in [1.807, 2.05) is 0 Å². The van der Waals surface area contributed by atoms with Crippen LogP contribution in [0.25, 0.3) is 0 Å². The van der Waals surface area contributed by atoms with Crippen molar-refractivity contribution in [1.82, 2.24) is 0 Å². The maximum Gasteiger partial charge on any atom is 0.573 e. The third-order valence-electron chi connectivity index (χ3n) is 6.69. The Morgan fingerprint density at radius 3 is 2.45 bits per heavy atom. The van der Waals surface area contributed by atoms with Crippen molar-refractivity contribution in [3.8, 4) is 5.75 Å². The molecule has 0 amide bonds. The van der Waals surface area contributed by atoms with Crippen LogP contribution in [0.1, 0.15) is 61.1 Å².